The van der Waals surface area contributed by atoms with Gasteiger partial charge in [-0.2, -0.15) is 0 Å². The minimum absolute atomic E-state index is 0.205. The molecule has 1 N–H and O–H groups in total. The number of aromatic nitrogens is 1. The number of carboxylic acids is 1. The molecule has 0 atom stereocenters. The Balaban J connectivity index is 1.93. The second kappa shape index (κ2) is 6.66. The van der Waals surface area contributed by atoms with Gasteiger partial charge in [0.15, 0.2) is 0 Å². The normalized spacial score (nSPS) is 16.2. The second-order valence-corrected chi connectivity index (χ2v) is 6.85. The van der Waals surface area contributed by atoms with E-state index in [-0.39, 0.29) is 4.91 Å². The summed E-state index contributed by atoms with van der Waals surface area (Å²) in [5.74, 6) is -1.81. The Morgan fingerprint density at radius 2 is 2.04 bits per heavy atom. The van der Waals surface area contributed by atoms with Gasteiger partial charge >= 0.3 is 5.97 Å². The van der Waals surface area contributed by atoms with Gasteiger partial charge in [0.05, 0.1) is 4.91 Å². The van der Waals surface area contributed by atoms with Crippen molar-refractivity contribution in [3.05, 3.63) is 57.7 Å². The molecule has 1 aromatic heterocycles. The lowest BCUT2D eigenvalue weighted by Crippen LogP contribution is -2.33. The molecule has 24 heavy (non-hydrogen) atoms. The van der Waals surface area contributed by atoms with Crippen LogP contribution in [0.5, 0.6) is 0 Å². The summed E-state index contributed by atoms with van der Waals surface area (Å²) in [6, 6.07) is 11.3. The number of imide groups is 1. The van der Waals surface area contributed by atoms with E-state index in [4.69, 9.17) is 5.11 Å². The molecule has 1 aliphatic heterocycles. The van der Waals surface area contributed by atoms with Gasteiger partial charge in [0, 0.05) is 22.1 Å². The zero-order valence-corrected chi connectivity index (χ0v) is 14.6. The quantitative estimate of drug-likeness (QED) is 0.787. The molecule has 1 aliphatic rings. The summed E-state index contributed by atoms with van der Waals surface area (Å²) in [7, 11) is 0. The van der Waals surface area contributed by atoms with Gasteiger partial charge in [-0.05, 0) is 48.2 Å². The number of hydrogen-bond donors (Lipinski definition) is 1. The summed E-state index contributed by atoms with van der Waals surface area (Å²) in [5.41, 5.74) is 1.61. The van der Waals surface area contributed by atoms with Crippen molar-refractivity contribution in [2.45, 2.75) is 0 Å². The maximum Gasteiger partial charge on any atom is 0.323 e. The second-order valence-electron chi connectivity index (χ2n) is 4.94. The molecule has 0 aliphatic carbocycles. The zero-order valence-electron chi connectivity index (χ0n) is 12.2. The van der Waals surface area contributed by atoms with Crippen LogP contribution < -0.4 is 0 Å². The molecule has 2 heterocycles. The Bertz CT molecular complexity index is 874. The molecule has 8 heteroatoms. The lowest BCUT2D eigenvalue weighted by Gasteiger charge is -2.08. The molecule has 1 saturated heterocycles. The SMILES string of the molecule is O=C(O)CN1C(=O)S/C(=C\c2cccn2-c2cccc(Br)c2)C1=O. The summed E-state index contributed by atoms with van der Waals surface area (Å²) in [6.45, 7) is -0.630. The Morgan fingerprint density at radius 3 is 2.75 bits per heavy atom. The molecule has 0 radical (unpaired) electrons. The highest BCUT2D eigenvalue weighted by molar-refractivity contribution is 9.10. The molecule has 2 aromatic rings. The van der Waals surface area contributed by atoms with E-state index in [2.05, 4.69) is 15.9 Å². The summed E-state index contributed by atoms with van der Waals surface area (Å²) in [5, 5.41) is 8.21. The summed E-state index contributed by atoms with van der Waals surface area (Å²) in [6.07, 6.45) is 3.43. The number of amides is 2. The highest BCUT2D eigenvalue weighted by Crippen LogP contribution is 2.32. The standard InChI is InChI=1S/C16H11BrN2O4S/c17-10-3-1-4-11(7-10)18-6-2-5-12(18)8-13-15(22)19(9-14(20)21)16(23)24-13/h1-8H,9H2,(H,20,21)/b13-8-. The number of carboxylic acid groups (broad SMARTS) is 1. The number of hydrogen-bond acceptors (Lipinski definition) is 4. The maximum absolute atomic E-state index is 12.2. The van der Waals surface area contributed by atoms with Crippen molar-refractivity contribution in [2.24, 2.45) is 0 Å². The van der Waals surface area contributed by atoms with Gasteiger partial charge < -0.3 is 9.67 Å². The van der Waals surface area contributed by atoms with Crippen LogP contribution >= 0.6 is 27.7 Å². The van der Waals surface area contributed by atoms with Gasteiger partial charge in [-0.1, -0.05) is 22.0 Å². The van der Waals surface area contributed by atoms with Crippen LogP contribution in [-0.4, -0.2) is 38.2 Å². The number of nitrogens with zero attached hydrogens (tertiary/aromatic N) is 2. The van der Waals surface area contributed by atoms with Gasteiger partial charge in [-0.15, -0.1) is 0 Å². The van der Waals surface area contributed by atoms with Crippen LogP contribution in [0.15, 0.2) is 52.0 Å². The summed E-state index contributed by atoms with van der Waals surface area (Å²) >= 11 is 4.16. The first-order valence-electron chi connectivity index (χ1n) is 6.86. The fourth-order valence-electron chi connectivity index (χ4n) is 2.28. The van der Waals surface area contributed by atoms with Crippen LogP contribution in [-0.2, 0) is 9.59 Å². The smallest absolute Gasteiger partial charge is 0.323 e. The third-order valence-electron chi connectivity index (χ3n) is 3.31. The number of halogens is 1. The van der Waals surface area contributed by atoms with Crippen molar-refractivity contribution in [2.75, 3.05) is 6.54 Å². The fourth-order valence-corrected chi connectivity index (χ4v) is 3.49. The average Bonchev–Trinajstić information content (AvgIpc) is 3.08. The van der Waals surface area contributed by atoms with E-state index >= 15 is 0 Å². The van der Waals surface area contributed by atoms with E-state index in [1.54, 1.807) is 6.08 Å². The van der Waals surface area contributed by atoms with E-state index in [9.17, 15) is 14.4 Å². The van der Waals surface area contributed by atoms with Crippen molar-refractivity contribution >= 4 is 50.9 Å². The largest absolute Gasteiger partial charge is 0.480 e. The Kier molecular flexibility index (Phi) is 4.59. The lowest BCUT2D eigenvalue weighted by atomic mass is 10.3. The van der Waals surface area contributed by atoms with E-state index in [0.717, 1.165) is 26.8 Å². The number of carbonyl (C=O) groups is 3. The predicted molar refractivity (Wildman–Crippen MR) is 93.8 cm³/mol. The first-order chi connectivity index (χ1) is 11.5. The Morgan fingerprint density at radius 1 is 1.25 bits per heavy atom. The Hall–Kier alpha value is -2.32. The van der Waals surface area contributed by atoms with Crippen LogP contribution in [0.3, 0.4) is 0 Å². The van der Waals surface area contributed by atoms with E-state index < -0.39 is 23.7 Å². The zero-order chi connectivity index (χ0) is 17.3. The number of rotatable bonds is 4. The van der Waals surface area contributed by atoms with Crippen LogP contribution in [0.25, 0.3) is 11.8 Å². The number of thioether (sulfide) groups is 1. The first kappa shape index (κ1) is 16.5. The highest BCUT2D eigenvalue weighted by atomic mass is 79.9. The molecule has 3 rings (SSSR count). The number of aliphatic carboxylic acids is 1. The maximum atomic E-state index is 12.2. The van der Waals surface area contributed by atoms with Gasteiger partial charge in [0.1, 0.15) is 6.54 Å². The van der Waals surface area contributed by atoms with E-state index in [1.165, 1.54) is 0 Å². The highest BCUT2D eigenvalue weighted by Gasteiger charge is 2.36. The van der Waals surface area contributed by atoms with Crippen LogP contribution in [0.2, 0.25) is 0 Å². The van der Waals surface area contributed by atoms with E-state index in [0.29, 0.717) is 5.69 Å². The third kappa shape index (κ3) is 3.29. The van der Waals surface area contributed by atoms with Gasteiger partial charge in [0.2, 0.25) is 0 Å². The topological polar surface area (TPSA) is 79.6 Å². The summed E-state index contributed by atoms with van der Waals surface area (Å²) in [4.78, 5) is 35.7. The van der Waals surface area contributed by atoms with Crippen LogP contribution in [0, 0.1) is 0 Å². The first-order valence-corrected chi connectivity index (χ1v) is 8.47. The van der Waals surface area contributed by atoms with Crippen molar-refractivity contribution in [3.63, 3.8) is 0 Å². The monoisotopic (exact) mass is 406 g/mol. The molecule has 0 unspecified atom stereocenters. The predicted octanol–water partition coefficient (Wildman–Crippen LogP) is 3.36. The third-order valence-corrected chi connectivity index (χ3v) is 4.71. The minimum atomic E-state index is -1.23. The van der Waals surface area contributed by atoms with Crippen molar-refractivity contribution in [1.82, 2.24) is 9.47 Å². The molecule has 0 saturated carbocycles. The van der Waals surface area contributed by atoms with Crippen molar-refractivity contribution < 1.29 is 19.5 Å². The molecule has 0 spiro atoms. The van der Waals surface area contributed by atoms with Gasteiger partial charge in [-0.3, -0.25) is 19.3 Å². The molecule has 2 amide bonds. The molecule has 122 valence electrons. The molecule has 1 fully saturated rings. The molecule has 6 nitrogen and oxygen atoms in total. The number of carbonyl (C=O) groups excluding carboxylic acids is 2. The lowest BCUT2D eigenvalue weighted by molar-refractivity contribution is -0.140. The Labute approximate surface area is 149 Å². The molecular weight excluding hydrogens is 396 g/mol. The fraction of sp³-hybridized carbons (Fsp3) is 0.0625. The molecular formula is C16H11BrN2O4S. The van der Waals surface area contributed by atoms with Crippen molar-refractivity contribution in [1.29, 1.82) is 0 Å². The van der Waals surface area contributed by atoms with E-state index in [1.807, 2.05) is 47.2 Å². The van der Waals surface area contributed by atoms with Crippen LogP contribution in [0.1, 0.15) is 5.69 Å². The van der Waals surface area contributed by atoms with Crippen molar-refractivity contribution in [3.8, 4) is 5.69 Å². The molecule has 0 bridgehead atoms. The van der Waals surface area contributed by atoms with Gasteiger partial charge in [-0.25, -0.2) is 0 Å². The van der Waals surface area contributed by atoms with Gasteiger partial charge in [0.25, 0.3) is 11.1 Å². The molecule has 1 aromatic carbocycles. The number of benzene rings is 1. The minimum Gasteiger partial charge on any atom is -0.480 e. The average molecular weight is 407 g/mol. The summed E-state index contributed by atoms with van der Waals surface area (Å²) < 4.78 is 2.79. The van der Waals surface area contributed by atoms with Crippen LogP contribution in [0.4, 0.5) is 4.79 Å².